The van der Waals surface area contributed by atoms with Gasteiger partial charge in [-0.2, -0.15) is 0 Å². The van der Waals surface area contributed by atoms with Crippen molar-refractivity contribution < 1.29 is 4.74 Å². The Morgan fingerprint density at radius 1 is 1.12 bits per heavy atom. The molecule has 0 amide bonds. The SMILES string of the molecule is Cc1c(Br)ccc(N)c1NCCN(C)CCCOCc1ccccc1. The minimum Gasteiger partial charge on any atom is -0.397 e. The molecule has 0 spiro atoms. The highest BCUT2D eigenvalue weighted by atomic mass is 79.9. The molecule has 0 aliphatic rings. The Morgan fingerprint density at radius 2 is 1.88 bits per heavy atom. The molecule has 0 saturated heterocycles. The first-order valence-electron chi connectivity index (χ1n) is 8.66. The van der Waals surface area contributed by atoms with E-state index < -0.39 is 0 Å². The number of rotatable bonds is 10. The first-order valence-corrected chi connectivity index (χ1v) is 9.46. The molecule has 0 saturated carbocycles. The number of anilines is 2. The molecule has 0 bridgehead atoms. The number of likely N-dealkylation sites (N-methyl/N-ethyl adjacent to an activating group) is 1. The molecule has 25 heavy (non-hydrogen) atoms. The maximum atomic E-state index is 6.06. The summed E-state index contributed by atoms with van der Waals surface area (Å²) < 4.78 is 6.80. The van der Waals surface area contributed by atoms with Crippen molar-refractivity contribution in [3.8, 4) is 0 Å². The van der Waals surface area contributed by atoms with Crippen molar-refractivity contribution in [3.05, 3.63) is 58.1 Å². The van der Waals surface area contributed by atoms with Gasteiger partial charge in [-0.3, -0.25) is 0 Å². The molecule has 0 aromatic heterocycles. The Bertz CT molecular complexity index is 649. The second-order valence-corrected chi connectivity index (χ2v) is 7.11. The second-order valence-electron chi connectivity index (χ2n) is 6.26. The van der Waals surface area contributed by atoms with Crippen molar-refractivity contribution in [3.63, 3.8) is 0 Å². The smallest absolute Gasteiger partial charge is 0.0716 e. The van der Waals surface area contributed by atoms with Gasteiger partial charge in [-0.15, -0.1) is 0 Å². The predicted molar refractivity (Wildman–Crippen MR) is 110 cm³/mol. The summed E-state index contributed by atoms with van der Waals surface area (Å²) >= 11 is 3.55. The summed E-state index contributed by atoms with van der Waals surface area (Å²) in [5.41, 5.74) is 10.2. The van der Waals surface area contributed by atoms with Gasteiger partial charge in [0.1, 0.15) is 0 Å². The van der Waals surface area contributed by atoms with Crippen molar-refractivity contribution in [2.75, 3.05) is 44.3 Å². The van der Waals surface area contributed by atoms with Gasteiger partial charge in [-0.1, -0.05) is 46.3 Å². The lowest BCUT2D eigenvalue weighted by atomic mass is 10.1. The quantitative estimate of drug-likeness (QED) is 0.457. The zero-order valence-corrected chi connectivity index (χ0v) is 16.7. The molecule has 0 fully saturated rings. The number of hydrogen-bond acceptors (Lipinski definition) is 4. The number of ether oxygens (including phenoxy) is 1. The van der Waals surface area contributed by atoms with Crippen LogP contribution >= 0.6 is 15.9 Å². The predicted octanol–water partition coefficient (Wildman–Crippen LogP) is 4.29. The average molecular weight is 406 g/mol. The van der Waals surface area contributed by atoms with Crippen LogP contribution < -0.4 is 11.1 Å². The lowest BCUT2D eigenvalue weighted by Gasteiger charge is -2.19. The fraction of sp³-hybridized carbons (Fsp3) is 0.400. The zero-order valence-electron chi connectivity index (χ0n) is 15.1. The monoisotopic (exact) mass is 405 g/mol. The zero-order chi connectivity index (χ0) is 18.1. The van der Waals surface area contributed by atoms with Crippen molar-refractivity contribution in [1.29, 1.82) is 0 Å². The lowest BCUT2D eigenvalue weighted by molar-refractivity contribution is 0.111. The van der Waals surface area contributed by atoms with Gasteiger partial charge in [-0.05, 0) is 43.7 Å². The molecule has 5 heteroatoms. The highest BCUT2D eigenvalue weighted by Crippen LogP contribution is 2.29. The highest BCUT2D eigenvalue weighted by Gasteiger charge is 2.06. The minimum absolute atomic E-state index is 0.688. The molecular formula is C20H28BrN3O. The number of nitrogens with two attached hydrogens (primary N) is 1. The van der Waals surface area contributed by atoms with Crippen LogP contribution in [0.4, 0.5) is 11.4 Å². The standard InChI is InChI=1S/C20H28BrN3O/c1-16-18(21)9-10-19(22)20(16)23-11-13-24(2)12-6-14-25-15-17-7-4-3-5-8-17/h3-5,7-10,23H,6,11-15,22H2,1-2H3. The largest absolute Gasteiger partial charge is 0.397 e. The van der Waals surface area contributed by atoms with E-state index in [1.807, 2.05) is 30.3 Å². The molecule has 3 N–H and O–H groups in total. The first kappa shape index (κ1) is 19.8. The molecule has 2 aromatic rings. The number of hydrogen-bond donors (Lipinski definition) is 2. The Labute approximate surface area is 159 Å². The van der Waals surface area contributed by atoms with Gasteiger partial charge in [-0.25, -0.2) is 0 Å². The molecule has 0 aliphatic carbocycles. The molecule has 0 atom stereocenters. The van der Waals surface area contributed by atoms with E-state index in [9.17, 15) is 0 Å². The lowest BCUT2D eigenvalue weighted by Crippen LogP contribution is -2.27. The van der Waals surface area contributed by atoms with Crippen LogP contribution in [0.25, 0.3) is 0 Å². The maximum Gasteiger partial charge on any atom is 0.0716 e. The molecule has 0 aliphatic heterocycles. The number of nitrogens with one attached hydrogen (secondary N) is 1. The van der Waals surface area contributed by atoms with E-state index in [-0.39, 0.29) is 0 Å². The summed E-state index contributed by atoms with van der Waals surface area (Å²) in [5.74, 6) is 0. The summed E-state index contributed by atoms with van der Waals surface area (Å²) in [6, 6.07) is 14.2. The maximum absolute atomic E-state index is 6.06. The Hall–Kier alpha value is -1.56. The van der Waals surface area contributed by atoms with E-state index in [4.69, 9.17) is 10.5 Å². The number of benzene rings is 2. The van der Waals surface area contributed by atoms with Crippen molar-refractivity contribution in [2.45, 2.75) is 20.0 Å². The van der Waals surface area contributed by atoms with E-state index in [1.165, 1.54) is 5.56 Å². The van der Waals surface area contributed by atoms with E-state index in [2.05, 4.69) is 52.3 Å². The third-order valence-corrected chi connectivity index (χ3v) is 5.03. The normalized spacial score (nSPS) is 11.0. The average Bonchev–Trinajstić information content (AvgIpc) is 2.62. The molecule has 136 valence electrons. The Morgan fingerprint density at radius 3 is 2.64 bits per heavy atom. The Kier molecular flexibility index (Phi) is 8.25. The molecule has 0 radical (unpaired) electrons. The first-order chi connectivity index (χ1) is 12.1. The third kappa shape index (κ3) is 6.69. The molecule has 0 unspecified atom stereocenters. The van der Waals surface area contributed by atoms with Crippen LogP contribution in [0.2, 0.25) is 0 Å². The van der Waals surface area contributed by atoms with Crippen LogP contribution in [0, 0.1) is 6.92 Å². The second kappa shape index (κ2) is 10.4. The van der Waals surface area contributed by atoms with Crippen LogP contribution in [-0.2, 0) is 11.3 Å². The fourth-order valence-corrected chi connectivity index (χ4v) is 2.96. The van der Waals surface area contributed by atoms with Crippen LogP contribution in [-0.4, -0.2) is 38.2 Å². The molecule has 4 nitrogen and oxygen atoms in total. The van der Waals surface area contributed by atoms with Gasteiger partial charge in [0.05, 0.1) is 18.0 Å². The van der Waals surface area contributed by atoms with Crippen LogP contribution in [0.1, 0.15) is 17.5 Å². The summed E-state index contributed by atoms with van der Waals surface area (Å²) in [4.78, 5) is 2.31. The van der Waals surface area contributed by atoms with Gasteiger partial charge < -0.3 is 20.7 Å². The van der Waals surface area contributed by atoms with Crippen LogP contribution in [0.3, 0.4) is 0 Å². The summed E-state index contributed by atoms with van der Waals surface area (Å²) in [5, 5.41) is 3.45. The summed E-state index contributed by atoms with van der Waals surface area (Å²) in [7, 11) is 2.13. The van der Waals surface area contributed by atoms with E-state index in [1.54, 1.807) is 0 Å². The minimum atomic E-state index is 0.688. The van der Waals surface area contributed by atoms with Crippen LogP contribution in [0.15, 0.2) is 46.9 Å². The molecule has 2 rings (SSSR count). The number of nitrogens with zero attached hydrogens (tertiary/aromatic N) is 1. The van der Waals surface area contributed by atoms with Gasteiger partial charge in [0, 0.05) is 30.7 Å². The highest BCUT2D eigenvalue weighted by molar-refractivity contribution is 9.10. The van der Waals surface area contributed by atoms with E-state index in [0.29, 0.717) is 6.61 Å². The topological polar surface area (TPSA) is 50.5 Å². The number of nitrogen functional groups attached to an aromatic ring is 1. The van der Waals surface area contributed by atoms with Gasteiger partial charge in [0.2, 0.25) is 0 Å². The fourth-order valence-electron chi connectivity index (χ4n) is 2.63. The van der Waals surface area contributed by atoms with Gasteiger partial charge in [0.25, 0.3) is 0 Å². The summed E-state index contributed by atoms with van der Waals surface area (Å²) in [6.07, 6.45) is 1.03. The van der Waals surface area contributed by atoms with Crippen molar-refractivity contribution >= 4 is 27.3 Å². The van der Waals surface area contributed by atoms with Crippen molar-refractivity contribution in [1.82, 2.24) is 4.90 Å². The van der Waals surface area contributed by atoms with Gasteiger partial charge in [0.15, 0.2) is 0 Å². The summed E-state index contributed by atoms with van der Waals surface area (Å²) in [6.45, 7) is 6.38. The Balaban J connectivity index is 1.60. The third-order valence-electron chi connectivity index (χ3n) is 4.17. The molecular weight excluding hydrogens is 378 g/mol. The number of halogens is 1. The van der Waals surface area contributed by atoms with Crippen LogP contribution in [0.5, 0.6) is 0 Å². The van der Waals surface area contributed by atoms with E-state index >= 15 is 0 Å². The molecule has 2 aromatic carbocycles. The molecule has 0 heterocycles. The van der Waals surface area contributed by atoms with E-state index in [0.717, 1.165) is 54.1 Å². The van der Waals surface area contributed by atoms with Crippen molar-refractivity contribution in [2.24, 2.45) is 0 Å². The van der Waals surface area contributed by atoms with Gasteiger partial charge >= 0.3 is 0 Å².